The summed E-state index contributed by atoms with van der Waals surface area (Å²) in [6.07, 6.45) is 5.37. The molecule has 0 aliphatic heterocycles. The molecule has 0 bridgehead atoms. The normalized spacial score (nSPS) is 15.6. The van der Waals surface area contributed by atoms with Crippen LogP contribution in [0.2, 0.25) is 5.02 Å². The number of aliphatic hydroxyl groups is 1. The van der Waals surface area contributed by atoms with Crippen molar-refractivity contribution in [1.29, 1.82) is 0 Å². The highest BCUT2D eigenvalue weighted by Gasteiger charge is 2.30. The molecule has 1 heterocycles. The Kier molecular flexibility index (Phi) is 2.84. The van der Waals surface area contributed by atoms with E-state index < -0.39 is 0 Å². The molecule has 1 aromatic rings. The third kappa shape index (κ3) is 1.96. The Hall–Kier alpha value is -0.870. The zero-order valence-electron chi connectivity index (χ0n) is 7.73. The van der Waals surface area contributed by atoms with Crippen LogP contribution in [0, 0.1) is 0 Å². The maximum absolute atomic E-state index is 8.94. The van der Waals surface area contributed by atoms with E-state index in [4.69, 9.17) is 16.7 Å². The number of rotatable bonds is 4. The molecule has 2 rings (SSSR count). The summed E-state index contributed by atoms with van der Waals surface area (Å²) in [6, 6.07) is 0.495. The third-order valence-corrected chi connectivity index (χ3v) is 2.52. The molecular weight excluding hydrogens is 202 g/mol. The molecule has 1 aliphatic rings. The van der Waals surface area contributed by atoms with E-state index in [9.17, 15) is 0 Å². The first kappa shape index (κ1) is 9.68. The molecule has 0 atom stereocenters. The smallest absolute Gasteiger partial charge is 0.151 e. The van der Waals surface area contributed by atoms with Gasteiger partial charge in [-0.1, -0.05) is 11.6 Å². The summed E-state index contributed by atoms with van der Waals surface area (Å²) in [5.41, 5.74) is 0. The van der Waals surface area contributed by atoms with E-state index in [1.165, 1.54) is 6.33 Å². The van der Waals surface area contributed by atoms with Gasteiger partial charge in [0.2, 0.25) is 0 Å². The maximum Gasteiger partial charge on any atom is 0.151 e. The maximum atomic E-state index is 8.94. The molecule has 1 aromatic heterocycles. The van der Waals surface area contributed by atoms with E-state index in [1.807, 2.05) is 4.90 Å². The molecule has 1 aliphatic carbocycles. The molecule has 1 saturated carbocycles. The Morgan fingerprint density at radius 1 is 1.57 bits per heavy atom. The first-order chi connectivity index (χ1) is 6.83. The first-order valence-corrected chi connectivity index (χ1v) is 5.03. The molecule has 1 fully saturated rings. The van der Waals surface area contributed by atoms with Gasteiger partial charge in [0.05, 0.1) is 12.8 Å². The fraction of sp³-hybridized carbons (Fsp3) is 0.556. The topological polar surface area (TPSA) is 49.2 Å². The highest BCUT2D eigenvalue weighted by molar-refractivity contribution is 6.32. The van der Waals surface area contributed by atoms with Crippen molar-refractivity contribution in [3.8, 4) is 0 Å². The van der Waals surface area contributed by atoms with Gasteiger partial charge in [-0.2, -0.15) is 0 Å². The highest BCUT2D eigenvalue weighted by Crippen LogP contribution is 2.33. The van der Waals surface area contributed by atoms with Crippen molar-refractivity contribution in [2.45, 2.75) is 18.9 Å². The quantitative estimate of drug-likeness (QED) is 0.814. The molecule has 5 heteroatoms. The van der Waals surface area contributed by atoms with Gasteiger partial charge in [-0.05, 0) is 12.8 Å². The summed E-state index contributed by atoms with van der Waals surface area (Å²) in [4.78, 5) is 10.0. The summed E-state index contributed by atoms with van der Waals surface area (Å²) < 4.78 is 0. The molecule has 14 heavy (non-hydrogen) atoms. The van der Waals surface area contributed by atoms with E-state index in [2.05, 4.69) is 9.97 Å². The number of aliphatic hydroxyl groups excluding tert-OH is 1. The van der Waals surface area contributed by atoms with Gasteiger partial charge in [0.1, 0.15) is 11.3 Å². The van der Waals surface area contributed by atoms with Crippen LogP contribution in [0.25, 0.3) is 0 Å². The number of anilines is 1. The van der Waals surface area contributed by atoms with Crippen molar-refractivity contribution in [3.05, 3.63) is 17.5 Å². The van der Waals surface area contributed by atoms with Crippen LogP contribution in [0.5, 0.6) is 0 Å². The van der Waals surface area contributed by atoms with Crippen LogP contribution in [-0.2, 0) is 0 Å². The Morgan fingerprint density at radius 2 is 2.36 bits per heavy atom. The van der Waals surface area contributed by atoms with Crippen molar-refractivity contribution in [1.82, 2.24) is 9.97 Å². The summed E-state index contributed by atoms with van der Waals surface area (Å²) in [5.74, 6) is 0.734. The lowest BCUT2D eigenvalue weighted by Gasteiger charge is -2.22. The van der Waals surface area contributed by atoms with Crippen LogP contribution in [0.3, 0.4) is 0 Å². The standard InChI is InChI=1S/C9H12ClN3O/c10-8-5-11-6-12-9(8)13(3-4-14)7-1-2-7/h5-7,14H,1-4H2. The average molecular weight is 214 g/mol. The van der Waals surface area contributed by atoms with Crippen LogP contribution >= 0.6 is 11.6 Å². The van der Waals surface area contributed by atoms with Crippen LogP contribution in [0.4, 0.5) is 5.82 Å². The average Bonchev–Trinajstić information content (AvgIpc) is 2.99. The number of hydrogen-bond acceptors (Lipinski definition) is 4. The van der Waals surface area contributed by atoms with Gasteiger partial charge in [-0.25, -0.2) is 9.97 Å². The molecule has 0 radical (unpaired) electrons. The van der Waals surface area contributed by atoms with E-state index in [1.54, 1.807) is 6.20 Å². The van der Waals surface area contributed by atoms with Crippen LogP contribution in [-0.4, -0.2) is 34.3 Å². The fourth-order valence-corrected chi connectivity index (χ4v) is 1.69. The minimum atomic E-state index is 0.122. The van der Waals surface area contributed by atoms with E-state index >= 15 is 0 Å². The molecule has 0 amide bonds. The number of nitrogens with zero attached hydrogens (tertiary/aromatic N) is 3. The second kappa shape index (κ2) is 4.11. The lowest BCUT2D eigenvalue weighted by Crippen LogP contribution is -2.30. The van der Waals surface area contributed by atoms with Crippen molar-refractivity contribution in [2.75, 3.05) is 18.1 Å². The van der Waals surface area contributed by atoms with Crippen LogP contribution < -0.4 is 4.90 Å². The Morgan fingerprint density at radius 3 is 2.93 bits per heavy atom. The third-order valence-electron chi connectivity index (χ3n) is 2.25. The van der Waals surface area contributed by atoms with Gasteiger partial charge in [-0.15, -0.1) is 0 Å². The Bertz CT molecular complexity index is 317. The summed E-state index contributed by atoms with van der Waals surface area (Å²) in [7, 11) is 0. The summed E-state index contributed by atoms with van der Waals surface area (Å²) in [6.45, 7) is 0.707. The van der Waals surface area contributed by atoms with E-state index in [0.717, 1.165) is 18.7 Å². The first-order valence-electron chi connectivity index (χ1n) is 4.66. The fourth-order valence-electron chi connectivity index (χ4n) is 1.47. The van der Waals surface area contributed by atoms with E-state index in [0.29, 0.717) is 17.6 Å². The van der Waals surface area contributed by atoms with Gasteiger partial charge in [0.25, 0.3) is 0 Å². The van der Waals surface area contributed by atoms with Crippen molar-refractivity contribution < 1.29 is 5.11 Å². The zero-order chi connectivity index (χ0) is 9.97. The lowest BCUT2D eigenvalue weighted by molar-refractivity contribution is 0.301. The van der Waals surface area contributed by atoms with Crippen molar-refractivity contribution in [2.24, 2.45) is 0 Å². The SMILES string of the molecule is OCCN(c1ncncc1Cl)C1CC1. The predicted octanol–water partition coefficient (Wildman–Crippen LogP) is 1.09. The Balaban J connectivity index is 2.21. The Labute approximate surface area is 87.5 Å². The molecule has 0 aromatic carbocycles. The van der Waals surface area contributed by atoms with Gasteiger partial charge in [-0.3, -0.25) is 0 Å². The number of halogens is 1. The summed E-state index contributed by atoms with van der Waals surface area (Å²) >= 11 is 5.98. The molecule has 0 saturated heterocycles. The molecule has 1 N–H and O–H groups in total. The number of hydrogen-bond donors (Lipinski definition) is 1. The lowest BCUT2D eigenvalue weighted by atomic mass is 10.4. The van der Waals surface area contributed by atoms with Gasteiger partial charge < -0.3 is 10.0 Å². The monoisotopic (exact) mass is 213 g/mol. The highest BCUT2D eigenvalue weighted by atomic mass is 35.5. The molecule has 0 spiro atoms. The van der Waals surface area contributed by atoms with E-state index in [-0.39, 0.29) is 6.61 Å². The molecule has 4 nitrogen and oxygen atoms in total. The minimum absolute atomic E-state index is 0.122. The van der Waals surface area contributed by atoms with Gasteiger partial charge in [0, 0.05) is 12.6 Å². The van der Waals surface area contributed by atoms with Crippen LogP contribution in [0.1, 0.15) is 12.8 Å². The van der Waals surface area contributed by atoms with Crippen LogP contribution in [0.15, 0.2) is 12.5 Å². The second-order valence-corrected chi connectivity index (χ2v) is 3.75. The second-order valence-electron chi connectivity index (χ2n) is 3.34. The van der Waals surface area contributed by atoms with Crippen molar-refractivity contribution in [3.63, 3.8) is 0 Å². The van der Waals surface area contributed by atoms with Gasteiger partial charge in [0.15, 0.2) is 5.82 Å². The number of aromatic nitrogens is 2. The largest absolute Gasteiger partial charge is 0.395 e. The zero-order valence-corrected chi connectivity index (χ0v) is 8.48. The van der Waals surface area contributed by atoms with Crippen molar-refractivity contribution >= 4 is 17.4 Å². The summed E-state index contributed by atoms with van der Waals surface area (Å²) in [5, 5.41) is 9.49. The minimum Gasteiger partial charge on any atom is -0.395 e. The molecule has 76 valence electrons. The van der Waals surface area contributed by atoms with Gasteiger partial charge >= 0.3 is 0 Å². The molecular formula is C9H12ClN3O. The predicted molar refractivity (Wildman–Crippen MR) is 54.5 cm³/mol. The molecule has 0 unspecified atom stereocenters.